The maximum atomic E-state index is 2.91. The van der Waals surface area contributed by atoms with E-state index in [1.54, 1.807) is 0 Å². The van der Waals surface area contributed by atoms with Gasteiger partial charge >= 0.3 is 158 Å². The fraction of sp³-hybridized carbons (Fsp3) is 0.182. The van der Waals surface area contributed by atoms with Crippen molar-refractivity contribution < 1.29 is 0 Å². The zero-order valence-electron chi connectivity index (χ0n) is 14.1. The molecule has 0 aromatic heterocycles. The maximum absolute atomic E-state index is 3.19. The average molecular weight is 490 g/mol. The van der Waals surface area contributed by atoms with Gasteiger partial charge in [0.05, 0.1) is 0 Å². The summed E-state index contributed by atoms with van der Waals surface area (Å²) in [6, 6.07) is 33.7. The van der Waals surface area contributed by atoms with Crippen LogP contribution >= 0.6 is 20.1 Å². The number of halogens is 1. The molecule has 3 aromatic carbocycles. The molecule has 0 amide bonds. The molecule has 0 saturated carbocycles. The average Bonchev–Trinajstić information content (AvgIpc) is 2.68. The zero-order chi connectivity index (χ0) is 16.9. The Labute approximate surface area is 157 Å². The first-order valence-corrected chi connectivity index (χ1v) is 18.5. The summed E-state index contributed by atoms with van der Waals surface area (Å²) in [5, 5.41) is 1.26. The minimum absolute atomic E-state index is 1.23. The van der Waals surface area contributed by atoms with Gasteiger partial charge in [-0.05, 0) is 0 Å². The van der Waals surface area contributed by atoms with Crippen molar-refractivity contribution in [2.24, 2.45) is 0 Å². The van der Waals surface area contributed by atoms with Crippen LogP contribution < -0.4 is 13.1 Å². The fourth-order valence-corrected chi connectivity index (χ4v) is 20.7. The molecule has 24 heavy (non-hydrogen) atoms. The molecule has 0 saturated heterocycles. The first kappa shape index (κ1) is 17.8. The van der Waals surface area contributed by atoms with Gasteiger partial charge in [0.25, 0.3) is 0 Å². The Balaban J connectivity index is 2.37. The molecule has 3 rings (SSSR count). The Bertz CT molecular complexity index is 669. The van der Waals surface area contributed by atoms with Crippen molar-refractivity contribution in [2.45, 2.75) is 25.0 Å². The molecular formula is C22H24AsI. The van der Waals surface area contributed by atoms with E-state index >= 15 is 0 Å². The van der Waals surface area contributed by atoms with E-state index in [1.807, 2.05) is 0 Å². The number of hydrogen-bond donors (Lipinski definition) is 0. The monoisotopic (exact) mass is 490 g/mol. The number of rotatable bonds is 6. The van der Waals surface area contributed by atoms with E-state index in [9.17, 15) is 0 Å². The molecule has 0 spiro atoms. The Morgan fingerprint density at radius 3 is 1.25 bits per heavy atom. The number of unbranched alkanes of at least 4 members (excludes halogenated alkanes) is 1. The Hall–Kier alpha value is -1.05. The molecule has 0 nitrogen and oxygen atoms in total. The summed E-state index contributed by atoms with van der Waals surface area (Å²) in [4.78, 5) is 0. The summed E-state index contributed by atoms with van der Waals surface area (Å²) in [5.41, 5.74) is 0. The third kappa shape index (κ3) is 2.97. The van der Waals surface area contributed by atoms with Gasteiger partial charge in [0.1, 0.15) is 0 Å². The van der Waals surface area contributed by atoms with Crippen LogP contribution in [0.15, 0.2) is 91.0 Å². The first-order chi connectivity index (χ1) is 11.7. The van der Waals surface area contributed by atoms with Gasteiger partial charge in [-0.25, -0.2) is 0 Å². The molecule has 0 aliphatic carbocycles. The van der Waals surface area contributed by atoms with Crippen LogP contribution in [0.3, 0.4) is 0 Å². The molecule has 0 heterocycles. The second-order valence-electron chi connectivity index (χ2n) is 6.27. The third-order valence-electron chi connectivity index (χ3n) is 4.82. The van der Waals surface area contributed by atoms with Crippen LogP contribution in [0.1, 0.15) is 19.8 Å². The molecule has 124 valence electrons. The normalized spacial score (nSPS) is 13.2. The van der Waals surface area contributed by atoms with Crippen LogP contribution in [0, 0.1) is 0 Å². The number of benzene rings is 3. The van der Waals surface area contributed by atoms with Crippen LogP contribution in [-0.4, -0.2) is 9.10 Å². The van der Waals surface area contributed by atoms with Gasteiger partial charge in [-0.3, -0.25) is 0 Å². The standard InChI is InChI=1S/C22H24AsI/c1-2-3-19-23(24,20-13-7-4-8-14-20,21-15-9-5-10-16-21)22-17-11-6-12-18-22/h4-18H,2-3,19H2,1H3. The molecule has 0 bridgehead atoms. The molecular weight excluding hydrogens is 466 g/mol. The van der Waals surface area contributed by atoms with Gasteiger partial charge in [0, 0.05) is 0 Å². The molecule has 0 fully saturated rings. The predicted molar refractivity (Wildman–Crippen MR) is 118 cm³/mol. The van der Waals surface area contributed by atoms with E-state index in [-0.39, 0.29) is 0 Å². The molecule has 0 aliphatic rings. The van der Waals surface area contributed by atoms with Gasteiger partial charge in [0.2, 0.25) is 0 Å². The van der Waals surface area contributed by atoms with Gasteiger partial charge < -0.3 is 0 Å². The van der Waals surface area contributed by atoms with Crippen molar-refractivity contribution >= 4 is 42.3 Å². The van der Waals surface area contributed by atoms with E-state index in [2.05, 4.69) is 118 Å². The molecule has 0 N–H and O–H groups in total. The predicted octanol–water partition coefficient (Wildman–Crippen LogP) is 4.84. The summed E-state index contributed by atoms with van der Waals surface area (Å²) in [6.07, 6.45) is 2.48. The van der Waals surface area contributed by atoms with E-state index in [4.69, 9.17) is 0 Å². The molecule has 0 aliphatic heterocycles. The van der Waals surface area contributed by atoms with Crippen molar-refractivity contribution in [3.63, 3.8) is 0 Å². The quantitative estimate of drug-likeness (QED) is 0.343. The van der Waals surface area contributed by atoms with Gasteiger partial charge in [0.15, 0.2) is 0 Å². The summed E-state index contributed by atoms with van der Waals surface area (Å²) >= 11 is 2.91. The van der Waals surface area contributed by atoms with Crippen molar-refractivity contribution in [3.05, 3.63) is 91.0 Å². The fourth-order valence-electron chi connectivity index (χ4n) is 3.51. The van der Waals surface area contributed by atoms with Crippen molar-refractivity contribution in [2.75, 3.05) is 0 Å². The topological polar surface area (TPSA) is 0 Å². The zero-order valence-corrected chi connectivity index (χ0v) is 18.1. The van der Waals surface area contributed by atoms with E-state index < -0.39 is 9.10 Å². The van der Waals surface area contributed by atoms with Crippen LogP contribution in [0.4, 0.5) is 0 Å². The van der Waals surface area contributed by atoms with Gasteiger partial charge in [-0.2, -0.15) is 0 Å². The van der Waals surface area contributed by atoms with Crippen LogP contribution in [-0.2, 0) is 0 Å². The van der Waals surface area contributed by atoms with Crippen molar-refractivity contribution in [1.29, 1.82) is 0 Å². The summed E-state index contributed by atoms with van der Waals surface area (Å²) in [7, 11) is -3.19. The Morgan fingerprint density at radius 2 is 0.958 bits per heavy atom. The van der Waals surface area contributed by atoms with Crippen molar-refractivity contribution in [3.8, 4) is 0 Å². The van der Waals surface area contributed by atoms with E-state index in [1.165, 1.54) is 31.1 Å². The Morgan fingerprint density at radius 1 is 0.625 bits per heavy atom. The third-order valence-corrected chi connectivity index (χ3v) is 27.1. The van der Waals surface area contributed by atoms with Crippen LogP contribution in [0.2, 0.25) is 5.21 Å². The number of hydrogen-bond acceptors (Lipinski definition) is 0. The van der Waals surface area contributed by atoms with Crippen LogP contribution in [0.25, 0.3) is 0 Å². The minimum atomic E-state index is -3.19. The summed E-state index contributed by atoms with van der Waals surface area (Å²) in [5.74, 6) is 0. The summed E-state index contributed by atoms with van der Waals surface area (Å²) in [6.45, 7) is 2.30. The van der Waals surface area contributed by atoms with Crippen molar-refractivity contribution in [1.82, 2.24) is 0 Å². The van der Waals surface area contributed by atoms with Gasteiger partial charge in [-0.1, -0.05) is 0 Å². The SMILES string of the molecule is CCCC[As](I)(c1ccccc1)(c1ccccc1)c1ccccc1. The molecule has 0 unspecified atom stereocenters. The van der Waals surface area contributed by atoms with Crippen LogP contribution in [0.5, 0.6) is 0 Å². The molecule has 3 aromatic rings. The second kappa shape index (κ2) is 7.45. The summed E-state index contributed by atoms with van der Waals surface area (Å²) < 4.78 is 4.59. The molecule has 0 atom stereocenters. The first-order valence-electron chi connectivity index (χ1n) is 8.60. The van der Waals surface area contributed by atoms with E-state index in [0.717, 1.165) is 0 Å². The Kier molecular flexibility index (Phi) is 5.52. The van der Waals surface area contributed by atoms with Gasteiger partial charge in [-0.15, -0.1) is 0 Å². The van der Waals surface area contributed by atoms with E-state index in [0.29, 0.717) is 0 Å². The molecule has 2 heteroatoms. The molecule has 0 radical (unpaired) electrons. The second-order valence-corrected chi connectivity index (χ2v) is 26.5.